The van der Waals surface area contributed by atoms with Crippen molar-refractivity contribution in [1.82, 2.24) is 25.4 Å². The summed E-state index contributed by atoms with van der Waals surface area (Å²) in [7, 11) is -4.81. The van der Waals surface area contributed by atoms with Crippen LogP contribution in [0.25, 0.3) is 0 Å². The van der Waals surface area contributed by atoms with E-state index in [0.717, 1.165) is 0 Å². The van der Waals surface area contributed by atoms with E-state index in [9.17, 15) is 18.0 Å². The minimum atomic E-state index is -4.81. The molecular weight excluding hydrogens is 346 g/mol. The number of aromatic nitrogens is 2. The number of imidazole rings is 1. The van der Waals surface area contributed by atoms with Gasteiger partial charge in [-0.3, -0.25) is 14.2 Å². The Hall–Kier alpha value is -2.22. The van der Waals surface area contributed by atoms with Crippen LogP contribution in [0, 0.1) is 0 Å². The van der Waals surface area contributed by atoms with Crippen LogP contribution < -0.4 is 5.48 Å². The molecule has 0 unspecified atom stereocenters. The molecule has 0 radical (unpaired) electrons. The summed E-state index contributed by atoms with van der Waals surface area (Å²) in [4.78, 5) is 37.2. The molecule has 2 fully saturated rings. The smallest absolute Gasteiger partial charge is 0.351 e. The number of hydrogen-bond acceptors (Lipinski definition) is 7. The first-order valence-electron chi connectivity index (χ1n) is 7.01. The fourth-order valence-electron chi connectivity index (χ4n) is 2.72. The number of piperidine rings is 1. The fraction of sp³-hybridized carbons (Fsp3) is 0.545. The van der Waals surface area contributed by atoms with E-state index in [4.69, 9.17) is 9.39 Å². The van der Waals surface area contributed by atoms with Crippen LogP contribution >= 0.6 is 0 Å². The Morgan fingerprint density at radius 1 is 1.50 bits per heavy atom. The number of nitrogens with one attached hydrogen (secondary N) is 2. The van der Waals surface area contributed by atoms with Crippen LogP contribution in [0.5, 0.6) is 0 Å². The molecule has 0 aliphatic carbocycles. The molecule has 1 aromatic heterocycles. The molecule has 132 valence electrons. The van der Waals surface area contributed by atoms with Crippen LogP contribution in [0.15, 0.2) is 12.5 Å². The van der Waals surface area contributed by atoms with E-state index in [1.54, 1.807) is 6.20 Å². The van der Waals surface area contributed by atoms with E-state index in [1.807, 2.05) is 0 Å². The number of fused-ring (bicyclic) bond motifs is 2. The number of hydrogen-bond donors (Lipinski definition) is 3. The molecule has 2 aliphatic heterocycles. The predicted molar refractivity (Wildman–Crippen MR) is 74.9 cm³/mol. The van der Waals surface area contributed by atoms with Crippen molar-refractivity contribution >= 4 is 22.3 Å². The van der Waals surface area contributed by atoms with Gasteiger partial charge in [0.1, 0.15) is 12.6 Å². The van der Waals surface area contributed by atoms with E-state index >= 15 is 0 Å². The van der Waals surface area contributed by atoms with Gasteiger partial charge in [0.05, 0.1) is 18.1 Å². The van der Waals surface area contributed by atoms with E-state index in [2.05, 4.69) is 19.7 Å². The minimum absolute atomic E-state index is 0.0521. The fourth-order valence-corrected chi connectivity index (χ4v) is 3.11. The van der Waals surface area contributed by atoms with E-state index in [1.165, 1.54) is 11.2 Å². The van der Waals surface area contributed by atoms with Gasteiger partial charge in [-0.25, -0.2) is 15.3 Å². The molecule has 2 atom stereocenters. The van der Waals surface area contributed by atoms with Gasteiger partial charge < -0.3 is 9.88 Å². The third kappa shape index (κ3) is 3.48. The number of urea groups is 1. The van der Waals surface area contributed by atoms with Gasteiger partial charge in [-0.1, -0.05) is 0 Å². The highest BCUT2D eigenvalue weighted by Gasteiger charge is 2.49. The molecule has 0 aromatic carbocycles. The molecule has 0 saturated carbocycles. The van der Waals surface area contributed by atoms with Gasteiger partial charge in [-0.15, -0.1) is 4.28 Å². The zero-order valence-electron chi connectivity index (χ0n) is 12.3. The monoisotopic (exact) mass is 361 g/mol. The summed E-state index contributed by atoms with van der Waals surface area (Å²) in [5.74, 6) is -0.536. The van der Waals surface area contributed by atoms with Crippen molar-refractivity contribution in [3.05, 3.63) is 18.2 Å². The van der Waals surface area contributed by atoms with Crippen molar-refractivity contribution in [3.8, 4) is 0 Å². The summed E-state index contributed by atoms with van der Waals surface area (Å²) in [6, 6.07) is -2.17. The Morgan fingerprint density at radius 3 is 2.96 bits per heavy atom. The van der Waals surface area contributed by atoms with Crippen LogP contribution in [0.1, 0.15) is 18.5 Å². The number of rotatable bonds is 6. The van der Waals surface area contributed by atoms with Crippen LogP contribution in [0.3, 0.4) is 0 Å². The average Bonchev–Trinajstić information content (AvgIpc) is 3.10. The Bertz CT molecular complexity index is 721. The highest BCUT2D eigenvalue weighted by molar-refractivity contribution is 7.80. The zero-order chi connectivity index (χ0) is 17.3. The standard InChI is InChI=1S/C11H15N5O7S/c17-10(14-22-5-7-3-12-6-13-7)9-2-1-8-4-15(9)11(18)16(8)23-24(19,20)21/h3,6,8-9H,1-2,4-5H2,(H,12,13)(H,14,17)(H,19,20,21)/t8-,9+/m1/s1. The third-order valence-corrected chi connectivity index (χ3v) is 4.10. The van der Waals surface area contributed by atoms with Gasteiger partial charge >= 0.3 is 16.4 Å². The molecular formula is C11H15N5O7S. The topological polar surface area (TPSA) is 154 Å². The van der Waals surface area contributed by atoms with Gasteiger partial charge in [-0.05, 0) is 12.8 Å². The predicted octanol–water partition coefficient (Wildman–Crippen LogP) is -1.04. The lowest BCUT2D eigenvalue weighted by molar-refractivity contribution is -0.140. The lowest BCUT2D eigenvalue weighted by Crippen LogP contribution is -2.49. The second-order valence-electron chi connectivity index (χ2n) is 5.33. The summed E-state index contributed by atoms with van der Waals surface area (Å²) in [5.41, 5.74) is 2.83. The van der Waals surface area contributed by atoms with E-state index < -0.39 is 34.4 Å². The van der Waals surface area contributed by atoms with Crippen molar-refractivity contribution in [2.75, 3.05) is 6.54 Å². The molecule has 12 nitrogen and oxygen atoms in total. The van der Waals surface area contributed by atoms with Crippen molar-refractivity contribution < 1.29 is 31.7 Å². The maximum absolute atomic E-state index is 12.2. The first-order valence-corrected chi connectivity index (χ1v) is 8.38. The highest BCUT2D eigenvalue weighted by Crippen LogP contribution is 2.30. The molecule has 0 spiro atoms. The van der Waals surface area contributed by atoms with Crippen LogP contribution in [-0.4, -0.2) is 63.5 Å². The summed E-state index contributed by atoms with van der Waals surface area (Å²) in [6.07, 6.45) is 3.72. The zero-order valence-corrected chi connectivity index (χ0v) is 13.1. The van der Waals surface area contributed by atoms with Crippen LogP contribution in [0.2, 0.25) is 0 Å². The first kappa shape index (κ1) is 16.6. The van der Waals surface area contributed by atoms with Crippen molar-refractivity contribution in [2.45, 2.75) is 31.5 Å². The number of carbonyl (C=O) groups excluding carboxylic acids is 2. The molecule has 13 heteroatoms. The van der Waals surface area contributed by atoms with Gasteiger partial charge in [0, 0.05) is 12.7 Å². The Balaban J connectivity index is 1.58. The third-order valence-electron chi connectivity index (χ3n) is 3.75. The van der Waals surface area contributed by atoms with Gasteiger partial charge in [0.2, 0.25) is 0 Å². The molecule has 3 amide bonds. The van der Waals surface area contributed by atoms with Gasteiger partial charge in [0.15, 0.2) is 0 Å². The molecule has 24 heavy (non-hydrogen) atoms. The lowest BCUT2D eigenvalue weighted by atomic mass is 10.0. The molecule has 1 aromatic rings. The summed E-state index contributed by atoms with van der Waals surface area (Å²) < 4.78 is 34.6. The second kappa shape index (κ2) is 6.35. The van der Waals surface area contributed by atoms with E-state index in [0.29, 0.717) is 23.6 Å². The minimum Gasteiger partial charge on any atom is -0.351 e. The number of aromatic amines is 1. The molecule has 2 aliphatic rings. The number of amides is 3. The quantitative estimate of drug-likeness (QED) is 0.429. The Morgan fingerprint density at radius 2 is 2.29 bits per heavy atom. The first-order chi connectivity index (χ1) is 11.3. The number of carbonyl (C=O) groups is 2. The van der Waals surface area contributed by atoms with Crippen LogP contribution in [0.4, 0.5) is 4.79 Å². The molecule has 3 heterocycles. The van der Waals surface area contributed by atoms with Crippen molar-refractivity contribution in [1.29, 1.82) is 0 Å². The SMILES string of the molecule is O=C(NOCc1c[nH]cn1)[C@@H]1CC[C@@H]2CN1C(=O)N2OS(=O)(=O)O. The summed E-state index contributed by atoms with van der Waals surface area (Å²) >= 11 is 0. The number of hydroxylamine groups is 3. The van der Waals surface area contributed by atoms with Crippen molar-refractivity contribution in [3.63, 3.8) is 0 Å². The lowest BCUT2D eigenvalue weighted by Gasteiger charge is -2.28. The van der Waals surface area contributed by atoms with Crippen LogP contribution in [-0.2, 0) is 30.9 Å². The van der Waals surface area contributed by atoms with E-state index in [-0.39, 0.29) is 13.2 Å². The number of H-pyrrole nitrogens is 1. The molecule has 2 saturated heterocycles. The largest absolute Gasteiger partial charge is 0.418 e. The number of nitrogens with zero attached hydrogens (tertiary/aromatic N) is 3. The average molecular weight is 361 g/mol. The normalized spacial score (nSPS) is 23.6. The second-order valence-corrected chi connectivity index (χ2v) is 6.33. The van der Waals surface area contributed by atoms with Gasteiger partial charge in [-0.2, -0.15) is 13.5 Å². The maximum atomic E-state index is 12.2. The van der Waals surface area contributed by atoms with Gasteiger partial charge in [0.25, 0.3) is 5.91 Å². The molecule has 3 N–H and O–H groups in total. The summed E-state index contributed by atoms with van der Waals surface area (Å²) in [5, 5.41) is 0.577. The Labute approximate surface area is 136 Å². The maximum Gasteiger partial charge on any atom is 0.418 e. The molecule has 2 bridgehead atoms. The van der Waals surface area contributed by atoms with Crippen molar-refractivity contribution in [2.24, 2.45) is 0 Å². The Kier molecular flexibility index (Phi) is 4.40. The summed E-state index contributed by atoms with van der Waals surface area (Å²) in [6.45, 7) is 0.169. The molecule has 3 rings (SSSR count). The highest BCUT2D eigenvalue weighted by atomic mass is 32.3.